The lowest BCUT2D eigenvalue weighted by molar-refractivity contribution is -0.144. The van der Waals surface area contributed by atoms with E-state index in [0.717, 1.165) is 123 Å². The van der Waals surface area contributed by atoms with Crippen LogP contribution in [0, 0.1) is 58.3 Å². The van der Waals surface area contributed by atoms with Gasteiger partial charge in [0.1, 0.15) is 58.4 Å². The summed E-state index contributed by atoms with van der Waals surface area (Å²) in [5.41, 5.74) is 19.5. The summed E-state index contributed by atoms with van der Waals surface area (Å²) in [6.45, 7) is 83.8. The van der Waals surface area contributed by atoms with E-state index in [1.807, 2.05) is 136 Å². The van der Waals surface area contributed by atoms with Crippen LogP contribution in [-0.4, -0.2) is 93.3 Å². The van der Waals surface area contributed by atoms with Crippen molar-refractivity contribution in [2.24, 2.45) is 23.7 Å². The zero-order valence-electron chi connectivity index (χ0n) is 97.6. The number of unbranched alkanes of at least 4 members (excludes halogenated alkanes) is 5. The molecule has 3 aliphatic carbocycles. The van der Waals surface area contributed by atoms with Crippen LogP contribution in [-0.2, 0) is 96.3 Å². The van der Waals surface area contributed by atoms with Crippen LogP contribution >= 0.6 is 24.4 Å². The monoisotopic (exact) mass is 2080 g/mol. The number of benzene rings is 8. The highest BCUT2D eigenvalue weighted by atomic mass is 32.2. The van der Waals surface area contributed by atoms with Crippen molar-refractivity contribution in [2.75, 3.05) is 30.0 Å². The van der Waals surface area contributed by atoms with Gasteiger partial charge in [-0.1, -0.05) is 387 Å². The number of hydrogen-bond acceptors (Lipinski definition) is 19. The highest BCUT2D eigenvalue weighted by Crippen LogP contribution is 2.69. The van der Waals surface area contributed by atoms with Crippen LogP contribution in [0.2, 0.25) is 0 Å². The molecule has 1 heterocycles. The Morgan fingerprint density at radius 2 is 0.859 bits per heavy atom. The van der Waals surface area contributed by atoms with Crippen molar-refractivity contribution >= 4 is 53.9 Å². The van der Waals surface area contributed by atoms with E-state index in [1.165, 1.54) is 92.5 Å². The Morgan fingerprint density at radius 1 is 0.443 bits per heavy atom. The topological polar surface area (TPSA) is 271 Å². The number of thiol groups is 1. The van der Waals surface area contributed by atoms with Gasteiger partial charge in [-0.3, -0.25) is 9.59 Å². The van der Waals surface area contributed by atoms with Crippen molar-refractivity contribution in [1.82, 2.24) is 15.0 Å². The predicted octanol–water partition coefficient (Wildman–Crippen LogP) is 33.2. The number of aromatic nitrogens is 3. The number of phenolic OH excluding ortho intramolecular Hbond substituents is 7. The quantitative estimate of drug-likeness (QED) is 0.00464. The number of phenols is 7. The van der Waals surface area contributed by atoms with Gasteiger partial charge < -0.3 is 55.3 Å². The Morgan fingerprint density at radius 3 is 1.30 bits per heavy atom. The van der Waals surface area contributed by atoms with Gasteiger partial charge in [-0.15, -0.1) is 0 Å². The van der Waals surface area contributed by atoms with Crippen molar-refractivity contribution in [1.29, 1.82) is 0 Å². The zero-order valence-corrected chi connectivity index (χ0v) is 99.4. The van der Waals surface area contributed by atoms with Gasteiger partial charge >= 0.3 is 17.9 Å². The van der Waals surface area contributed by atoms with E-state index in [0.29, 0.717) is 108 Å². The molecule has 149 heavy (non-hydrogen) atoms. The number of thioether (sulfide) groups is 1. The van der Waals surface area contributed by atoms with E-state index < -0.39 is 11.4 Å². The van der Waals surface area contributed by atoms with E-state index in [-0.39, 0.29) is 91.4 Å². The molecule has 6 atom stereocenters. The fraction of sp³-hybridized carbons (Fsp3) is 0.569. The fourth-order valence-corrected chi connectivity index (χ4v) is 22.6. The molecule has 17 nitrogen and oxygen atoms in total. The third-order valence-corrected chi connectivity index (χ3v) is 30.5. The average Bonchev–Trinajstić information content (AvgIpc) is 1.55. The average molecular weight is 2080 g/mol. The minimum absolute atomic E-state index is 0. The van der Waals surface area contributed by atoms with Gasteiger partial charge in [-0.25, -0.2) is 9.78 Å². The van der Waals surface area contributed by atoms with Crippen molar-refractivity contribution in [2.45, 2.75) is 437 Å². The normalized spacial score (nSPS) is 16.4. The minimum atomic E-state index is -0.687. The molecule has 12 rings (SSSR count). The second-order valence-corrected chi connectivity index (χ2v) is 54.3. The van der Waals surface area contributed by atoms with Crippen LogP contribution in [0.1, 0.15) is 447 Å². The lowest BCUT2D eigenvalue weighted by atomic mass is 9.68. The second kappa shape index (κ2) is 50.3. The third kappa shape index (κ3) is 33.3. The molecule has 9 aromatic rings. The van der Waals surface area contributed by atoms with E-state index in [1.54, 1.807) is 30.8 Å². The highest BCUT2D eigenvalue weighted by molar-refractivity contribution is 7.99. The van der Waals surface area contributed by atoms with Gasteiger partial charge in [0, 0.05) is 58.2 Å². The number of esters is 3. The van der Waals surface area contributed by atoms with Crippen molar-refractivity contribution in [3.63, 3.8) is 0 Å². The lowest BCUT2D eigenvalue weighted by Gasteiger charge is -2.37. The number of nitrogens with zero attached hydrogens (tertiary/aromatic N) is 3. The summed E-state index contributed by atoms with van der Waals surface area (Å²) in [6, 6.07) is 36.1. The maximum atomic E-state index is 12.6. The zero-order chi connectivity index (χ0) is 112. The molecule has 0 amide bonds. The van der Waals surface area contributed by atoms with E-state index in [2.05, 4.69) is 257 Å². The van der Waals surface area contributed by atoms with Crippen LogP contribution in [0.15, 0.2) is 127 Å². The van der Waals surface area contributed by atoms with Gasteiger partial charge in [0.2, 0.25) is 5.95 Å². The number of anilines is 2. The Balaban J connectivity index is 0.000000253. The molecular weight excluding hydrogens is 1890 g/mol. The van der Waals surface area contributed by atoms with E-state index in [9.17, 15) is 50.1 Å². The van der Waals surface area contributed by atoms with Crippen LogP contribution in [0.3, 0.4) is 0 Å². The smallest absolute Gasteiger partial charge is 0.335 e. The molecule has 19 heteroatoms. The first-order chi connectivity index (χ1) is 68.1. The molecule has 0 saturated heterocycles. The summed E-state index contributed by atoms with van der Waals surface area (Å²) >= 11 is 5.73. The number of carbonyl (C=O) groups excluding carboxylic acids is 3. The van der Waals surface area contributed by atoms with Gasteiger partial charge in [0.05, 0.1) is 13.0 Å². The summed E-state index contributed by atoms with van der Waals surface area (Å²) < 4.78 is 16.1. The highest BCUT2D eigenvalue weighted by Gasteiger charge is 2.59. The summed E-state index contributed by atoms with van der Waals surface area (Å²) in [7, 11) is 0. The van der Waals surface area contributed by atoms with E-state index >= 15 is 0 Å². The van der Waals surface area contributed by atoms with Gasteiger partial charge in [-0.05, 0) is 272 Å². The summed E-state index contributed by atoms with van der Waals surface area (Å²) in [5, 5.41) is 80.5. The molecule has 2 bridgehead atoms. The van der Waals surface area contributed by atoms with Gasteiger partial charge in [-0.2, -0.15) is 22.6 Å². The molecular formula is C130H190N4O13S2. The number of carbonyl (C=O) groups is 3. The Labute approximate surface area is 908 Å². The first-order valence-corrected chi connectivity index (χ1v) is 55.7. The number of rotatable bonds is 26. The van der Waals surface area contributed by atoms with Gasteiger partial charge in [0.15, 0.2) is 5.16 Å². The predicted molar refractivity (Wildman–Crippen MR) is 625 cm³/mol. The molecule has 3 aliphatic rings. The second-order valence-electron chi connectivity index (χ2n) is 52.8. The summed E-state index contributed by atoms with van der Waals surface area (Å²) in [4.78, 5) is 50.0. The molecule has 1 aromatic heterocycles. The molecule has 0 aliphatic heterocycles. The fourth-order valence-electron chi connectivity index (χ4n) is 21.6. The van der Waals surface area contributed by atoms with Crippen molar-refractivity contribution in [3.8, 4) is 46.0 Å². The van der Waals surface area contributed by atoms with Crippen molar-refractivity contribution < 1.29 is 64.3 Å². The Kier molecular flexibility index (Phi) is 42.5. The molecule has 3 fully saturated rings. The third-order valence-electron chi connectivity index (χ3n) is 29.4. The number of aryl methyl sites for hydroxylation is 6. The Hall–Kier alpha value is -9.98. The van der Waals surface area contributed by atoms with Crippen molar-refractivity contribution in [3.05, 3.63) is 245 Å². The SMILES string of the molecule is C.C=CC(=O)Oc1c(Cc2cc(C)cc(C(C)(C)C)c2O)cc(C)cc1C(C)(C)C.CC(C)(C)c1cc(CCC(=O)OCCS)cc(C(C)(C)C)c1O.CCCCCCCCSc1nc(C)nc(Nc2cc(C(C)(C)C)c(O)c(C(C)(C)C)c2)n1.CCOC(=O)CC(C)(c1ccc(O)c(C(C)(C)C)c1)c1ccc(O)c(C(C)(C)C)c1.Cc1cc(C2CC3CC2C2C(c4cc(C)cc(C(C)(C)C)c4O)CCC32)c(O)c(C(C)(C)C)c1. The first kappa shape index (κ1) is 126. The van der Waals surface area contributed by atoms with Gasteiger partial charge in [0.25, 0.3) is 0 Å². The number of hydrogen-bond donors (Lipinski definition) is 9. The van der Waals surface area contributed by atoms with Crippen LogP contribution in [0.4, 0.5) is 11.6 Å². The number of nitrogens with one attached hydrogen (secondary N) is 1. The molecule has 820 valence electrons. The maximum absolute atomic E-state index is 12.6. The number of ether oxygens (including phenoxy) is 3. The molecule has 6 unspecified atom stereocenters. The summed E-state index contributed by atoms with van der Waals surface area (Å²) in [5.74, 6) is 8.62. The minimum Gasteiger partial charge on any atom is -0.508 e. The van der Waals surface area contributed by atoms with Crippen LogP contribution in [0.5, 0.6) is 46.0 Å². The number of fused-ring (bicyclic) bond motifs is 5. The lowest BCUT2D eigenvalue weighted by Crippen LogP contribution is -2.29. The molecule has 0 spiro atoms. The summed E-state index contributed by atoms with van der Waals surface area (Å²) in [6.07, 6.45) is 15.4. The Bertz CT molecular complexity index is 5980. The molecule has 0 radical (unpaired) electrons. The number of aromatic hydroxyl groups is 7. The molecule has 8 aromatic carbocycles. The first-order valence-electron chi connectivity index (χ1n) is 54.1. The molecule has 3 saturated carbocycles. The van der Waals surface area contributed by atoms with E-state index in [4.69, 9.17) is 14.2 Å². The standard InChI is InChI=1S/C32H44O2.C26H42N4OS.C26H36O4.C26H34O3.C19H30O3S.CH4/c1-17-11-24(29(33)26(13-17)31(3,4)5)21-10-9-20-19-15-22(23(16-19)28(20)21)25-12-18(2)14-27(30(25)34)32(6,7)8;1-9-10-11-12-13-14-15-32-24-28-18(2)27-23(30-24)29-19-16-20(25(3,4)5)22(31)21(17-19)26(6,7)8;1-9-30-23(29)16-26(8,17-10-12-21(27)19(14-17)24(2,3)4)18-11-13-22(28)20(15-18)25(5,6)7;1-10-22(27)29-24-19(12-17(3)14-21(24)26(7,8)9)15-18-11-16(2)13-20(23(18)28)25(4,5)6;1-18(2,3)14-11-13(7-8-16(20)22-9-10-23)12-15(17(14)21)19(4,5)6;/h11-14,19-23,28,33-34H,9-10,15-16H2,1-8H3;16-17,31H,9-15H2,1-8H3,(H,27,28,29,30);10-15,27-28H,9,16H2,1-8H3;10-14,28H,1,15H2,2-9H3;11-12,21,23H,7-10H2,1-6H3;1H4. The van der Waals surface area contributed by atoms with Crippen LogP contribution < -0.4 is 10.1 Å². The molecule has 8 N–H and O–H groups in total. The maximum Gasteiger partial charge on any atom is 0.335 e. The van der Waals surface area contributed by atoms with Crippen LogP contribution in [0.25, 0.3) is 0 Å². The largest absolute Gasteiger partial charge is 0.508 e.